The van der Waals surface area contributed by atoms with E-state index < -0.39 is 0 Å². The Bertz CT molecular complexity index is 1190. The topological polar surface area (TPSA) is 24.7 Å². The molecule has 0 aliphatic carbocycles. The van der Waals surface area contributed by atoms with E-state index in [1.807, 2.05) is 38.1 Å². The van der Waals surface area contributed by atoms with Crippen LogP contribution in [0.3, 0.4) is 0 Å². The zero-order chi connectivity index (χ0) is 22.5. The molecule has 0 bridgehead atoms. The van der Waals surface area contributed by atoms with Gasteiger partial charge in [0.1, 0.15) is 11.6 Å². The molecular weight excluding hydrogens is 402 g/mol. The molecule has 4 rings (SSSR count). The van der Waals surface area contributed by atoms with Gasteiger partial charge in [0.05, 0.1) is 11.4 Å². The maximum Gasteiger partial charge on any atom is 0.123 e. The van der Waals surface area contributed by atoms with Gasteiger partial charge >= 0.3 is 0 Å². The molecule has 0 heterocycles. The summed E-state index contributed by atoms with van der Waals surface area (Å²) in [5, 5.41) is 0. The molecule has 0 aromatic heterocycles. The molecule has 0 N–H and O–H groups in total. The second kappa shape index (κ2) is 9.48. The molecule has 4 aromatic carbocycles. The normalized spacial score (nSPS) is 11.5. The van der Waals surface area contributed by atoms with Crippen LogP contribution in [0.4, 0.5) is 20.2 Å². The van der Waals surface area contributed by atoms with Crippen LogP contribution in [-0.2, 0) is 0 Å². The number of nitrogens with zero attached hydrogens (tertiary/aromatic N) is 2. The molecule has 0 saturated carbocycles. The van der Waals surface area contributed by atoms with Crippen LogP contribution in [0.25, 0.3) is 11.1 Å². The molecule has 0 aliphatic rings. The maximum absolute atomic E-state index is 13.0. The van der Waals surface area contributed by atoms with Crippen molar-refractivity contribution in [2.24, 2.45) is 9.98 Å². The van der Waals surface area contributed by atoms with Crippen LogP contribution in [0.1, 0.15) is 22.3 Å². The molecular formula is C28H22F2N2. The molecule has 0 fully saturated rings. The molecule has 2 nitrogen and oxygen atoms in total. The van der Waals surface area contributed by atoms with Crippen molar-refractivity contribution < 1.29 is 8.78 Å². The lowest BCUT2D eigenvalue weighted by molar-refractivity contribution is 0.627. The van der Waals surface area contributed by atoms with Gasteiger partial charge in [-0.2, -0.15) is 0 Å². The predicted octanol–water partition coefficient (Wildman–Crippen LogP) is 7.75. The van der Waals surface area contributed by atoms with Gasteiger partial charge in [-0.15, -0.1) is 0 Å². The van der Waals surface area contributed by atoms with Crippen molar-refractivity contribution in [2.45, 2.75) is 13.8 Å². The second-order valence-corrected chi connectivity index (χ2v) is 7.62. The first kappa shape index (κ1) is 21.3. The second-order valence-electron chi connectivity index (χ2n) is 7.62. The molecule has 0 aliphatic heterocycles. The first-order valence-electron chi connectivity index (χ1n) is 10.3. The molecule has 158 valence electrons. The van der Waals surface area contributed by atoms with Gasteiger partial charge in [-0.25, -0.2) is 8.78 Å². The van der Waals surface area contributed by atoms with E-state index in [-0.39, 0.29) is 11.6 Å². The van der Waals surface area contributed by atoms with Gasteiger partial charge in [0.2, 0.25) is 0 Å². The summed E-state index contributed by atoms with van der Waals surface area (Å²) < 4.78 is 26.1. The van der Waals surface area contributed by atoms with Gasteiger partial charge in [-0.3, -0.25) is 9.98 Å². The Hall–Kier alpha value is -3.92. The van der Waals surface area contributed by atoms with Crippen LogP contribution < -0.4 is 0 Å². The highest BCUT2D eigenvalue weighted by Gasteiger charge is 2.04. The van der Waals surface area contributed by atoms with E-state index in [9.17, 15) is 8.78 Å². The monoisotopic (exact) mass is 424 g/mol. The Morgan fingerprint density at radius 2 is 0.906 bits per heavy atom. The molecule has 0 atom stereocenters. The van der Waals surface area contributed by atoms with Crippen LogP contribution in [0.5, 0.6) is 0 Å². The Kier molecular flexibility index (Phi) is 6.31. The summed E-state index contributed by atoms with van der Waals surface area (Å²) in [7, 11) is 0. The minimum absolute atomic E-state index is 0.259. The fourth-order valence-corrected chi connectivity index (χ4v) is 3.35. The maximum atomic E-state index is 13.0. The Labute approximate surface area is 186 Å². The molecule has 0 saturated heterocycles. The summed E-state index contributed by atoms with van der Waals surface area (Å²) in [6.07, 6.45) is 3.47. The van der Waals surface area contributed by atoms with E-state index in [4.69, 9.17) is 0 Å². The summed E-state index contributed by atoms with van der Waals surface area (Å²) in [5.74, 6) is -0.518. The van der Waals surface area contributed by atoms with Gasteiger partial charge in [0.15, 0.2) is 0 Å². The molecule has 0 spiro atoms. The predicted molar refractivity (Wildman–Crippen MR) is 129 cm³/mol. The average Bonchev–Trinajstić information content (AvgIpc) is 2.79. The third-order valence-electron chi connectivity index (χ3n) is 5.17. The molecule has 32 heavy (non-hydrogen) atoms. The van der Waals surface area contributed by atoms with Crippen molar-refractivity contribution >= 4 is 23.8 Å². The third-order valence-corrected chi connectivity index (χ3v) is 5.17. The van der Waals surface area contributed by atoms with Crippen LogP contribution in [0, 0.1) is 25.5 Å². The highest BCUT2D eigenvalue weighted by molar-refractivity contribution is 5.84. The summed E-state index contributed by atoms with van der Waals surface area (Å²) in [5.41, 5.74) is 7.74. The van der Waals surface area contributed by atoms with Crippen molar-refractivity contribution in [3.8, 4) is 11.1 Å². The standard InChI is InChI=1S/C28H22F2N2/c1-19-15-23(7-13-27(19)31-17-21-3-9-25(29)10-4-21)24-8-14-28(20(2)16-24)32-18-22-5-11-26(30)12-6-22/h3-18H,1-2H3. The number of benzene rings is 4. The number of aliphatic imine (C=N–C) groups is 2. The highest BCUT2D eigenvalue weighted by atomic mass is 19.1. The molecule has 0 radical (unpaired) electrons. The summed E-state index contributed by atoms with van der Waals surface area (Å²) in [6, 6.07) is 24.8. The first-order valence-corrected chi connectivity index (χ1v) is 10.3. The smallest absolute Gasteiger partial charge is 0.123 e. The first-order chi connectivity index (χ1) is 15.5. The van der Waals surface area contributed by atoms with E-state index in [1.165, 1.54) is 24.3 Å². The fraction of sp³-hybridized carbons (Fsp3) is 0.0714. The SMILES string of the molecule is Cc1cc(-c2ccc(N=Cc3ccc(F)cc3)c(C)c2)ccc1N=Cc1ccc(F)cc1. The number of rotatable bonds is 5. The molecule has 0 amide bonds. The Balaban J connectivity index is 1.52. The van der Waals surface area contributed by atoms with Crippen LogP contribution in [0.2, 0.25) is 0 Å². The Morgan fingerprint density at radius 3 is 1.25 bits per heavy atom. The minimum Gasteiger partial charge on any atom is -0.256 e. The van der Waals surface area contributed by atoms with E-state index in [2.05, 4.69) is 22.1 Å². The lowest BCUT2D eigenvalue weighted by Crippen LogP contribution is -1.85. The summed E-state index contributed by atoms with van der Waals surface area (Å²) in [4.78, 5) is 9.08. The van der Waals surface area contributed by atoms with Crippen LogP contribution >= 0.6 is 0 Å². The largest absolute Gasteiger partial charge is 0.256 e. The quantitative estimate of drug-likeness (QED) is 0.293. The van der Waals surface area contributed by atoms with Gasteiger partial charge in [0, 0.05) is 12.4 Å². The fourth-order valence-electron chi connectivity index (χ4n) is 3.35. The van der Waals surface area contributed by atoms with Gasteiger partial charge in [0.25, 0.3) is 0 Å². The summed E-state index contributed by atoms with van der Waals surface area (Å²) in [6.45, 7) is 4.05. The number of aryl methyl sites for hydroxylation is 2. The highest BCUT2D eigenvalue weighted by Crippen LogP contribution is 2.30. The van der Waals surface area contributed by atoms with Crippen molar-refractivity contribution in [2.75, 3.05) is 0 Å². The van der Waals surface area contributed by atoms with Crippen molar-refractivity contribution in [3.05, 3.63) is 119 Å². The van der Waals surface area contributed by atoms with Gasteiger partial charge in [-0.05, 0) is 95.8 Å². The van der Waals surface area contributed by atoms with Crippen molar-refractivity contribution in [1.29, 1.82) is 0 Å². The lowest BCUT2D eigenvalue weighted by atomic mass is 10.00. The van der Waals surface area contributed by atoms with Crippen LogP contribution in [0.15, 0.2) is 94.9 Å². The van der Waals surface area contributed by atoms with Gasteiger partial charge < -0.3 is 0 Å². The zero-order valence-corrected chi connectivity index (χ0v) is 17.9. The molecule has 4 heteroatoms. The lowest BCUT2D eigenvalue weighted by Gasteiger charge is -2.08. The van der Waals surface area contributed by atoms with E-state index in [0.717, 1.165) is 44.8 Å². The zero-order valence-electron chi connectivity index (χ0n) is 17.9. The number of hydrogen-bond donors (Lipinski definition) is 0. The third kappa shape index (κ3) is 5.22. The summed E-state index contributed by atoms with van der Waals surface area (Å²) >= 11 is 0. The van der Waals surface area contributed by atoms with E-state index in [0.29, 0.717) is 0 Å². The van der Waals surface area contributed by atoms with Gasteiger partial charge in [-0.1, -0.05) is 36.4 Å². The number of halogens is 2. The molecule has 4 aromatic rings. The van der Waals surface area contributed by atoms with Crippen LogP contribution in [-0.4, -0.2) is 12.4 Å². The Morgan fingerprint density at radius 1 is 0.531 bits per heavy atom. The average molecular weight is 424 g/mol. The number of hydrogen-bond acceptors (Lipinski definition) is 2. The van der Waals surface area contributed by atoms with E-state index >= 15 is 0 Å². The van der Waals surface area contributed by atoms with Crippen molar-refractivity contribution in [3.63, 3.8) is 0 Å². The van der Waals surface area contributed by atoms with Crippen molar-refractivity contribution in [1.82, 2.24) is 0 Å². The minimum atomic E-state index is -0.259. The van der Waals surface area contributed by atoms with E-state index in [1.54, 1.807) is 36.7 Å². The molecule has 0 unspecified atom stereocenters.